The molecule has 0 amide bonds. The third kappa shape index (κ3) is 4.51. The quantitative estimate of drug-likeness (QED) is 0.632. The highest BCUT2D eigenvalue weighted by molar-refractivity contribution is 5.70. The van der Waals surface area contributed by atoms with Crippen LogP contribution in [-0.4, -0.2) is 0 Å². The van der Waals surface area contributed by atoms with Crippen molar-refractivity contribution in [1.82, 2.24) is 0 Å². The van der Waals surface area contributed by atoms with Gasteiger partial charge in [0.05, 0.1) is 0 Å². The fourth-order valence-electron chi connectivity index (χ4n) is 3.67. The Hall–Kier alpha value is -2.08. The van der Waals surface area contributed by atoms with E-state index in [1.165, 1.54) is 28.0 Å². The summed E-state index contributed by atoms with van der Waals surface area (Å²) in [4.78, 5) is 0. The summed E-state index contributed by atoms with van der Waals surface area (Å²) in [5.41, 5.74) is 2.98. The van der Waals surface area contributed by atoms with Crippen LogP contribution in [0.3, 0.4) is 0 Å². The second kappa shape index (κ2) is 8.85. The van der Waals surface area contributed by atoms with E-state index < -0.39 is 0 Å². The molecule has 1 aliphatic rings. The standard InChI is InChI=1S/C22H24.C3H8/c1-4-16-22(2,3)20-15-14-17-10-8-9-13-19(17)21(20)18-11-6-5-7-12-18;1-3-2/h4-14,16,20H,15H2,1-3H3;3H2,1-2H3. The largest absolute Gasteiger partial charge is 0.0911 e. The average molecular weight is 333 g/mol. The topological polar surface area (TPSA) is 0 Å². The van der Waals surface area contributed by atoms with Crippen LogP contribution in [0.25, 0.3) is 11.6 Å². The molecule has 0 heterocycles. The van der Waals surface area contributed by atoms with Crippen LogP contribution < -0.4 is 10.4 Å². The van der Waals surface area contributed by atoms with Crippen LogP contribution in [-0.2, 0) is 0 Å². The minimum Gasteiger partial charge on any atom is -0.0911 e. The molecule has 0 saturated carbocycles. The van der Waals surface area contributed by atoms with Gasteiger partial charge in [0, 0.05) is 0 Å². The highest BCUT2D eigenvalue weighted by Gasteiger charge is 2.31. The van der Waals surface area contributed by atoms with Gasteiger partial charge in [-0.3, -0.25) is 0 Å². The lowest BCUT2D eigenvalue weighted by Gasteiger charge is -2.35. The molecule has 2 aromatic carbocycles. The Morgan fingerprint density at radius 2 is 1.56 bits per heavy atom. The second-order valence-corrected chi connectivity index (χ2v) is 7.39. The normalized spacial score (nSPS) is 16.7. The molecule has 0 radical (unpaired) electrons. The minimum atomic E-state index is 0.143. The molecule has 1 atom stereocenters. The summed E-state index contributed by atoms with van der Waals surface area (Å²) < 4.78 is 0. The Morgan fingerprint density at radius 1 is 0.960 bits per heavy atom. The highest BCUT2D eigenvalue weighted by Crippen LogP contribution is 2.40. The molecule has 0 aromatic heterocycles. The predicted molar refractivity (Wildman–Crippen MR) is 112 cm³/mol. The van der Waals surface area contributed by atoms with Gasteiger partial charge >= 0.3 is 0 Å². The lowest BCUT2D eigenvalue weighted by molar-refractivity contribution is 0.358. The summed E-state index contributed by atoms with van der Waals surface area (Å²) in [6.07, 6.45) is 9.28. The van der Waals surface area contributed by atoms with Gasteiger partial charge in [0.2, 0.25) is 0 Å². The van der Waals surface area contributed by atoms with E-state index in [4.69, 9.17) is 0 Å². The SMILES string of the molecule is CC=CC(C)(C)C1CC=c2ccccc2=C1c1ccccc1.CCC. The van der Waals surface area contributed by atoms with E-state index >= 15 is 0 Å². The zero-order chi connectivity index (χ0) is 18.3. The van der Waals surface area contributed by atoms with Crippen LogP contribution >= 0.6 is 0 Å². The molecule has 0 heteroatoms. The van der Waals surface area contributed by atoms with E-state index in [2.05, 4.69) is 107 Å². The molecular formula is C25H32. The van der Waals surface area contributed by atoms with Crippen molar-refractivity contribution < 1.29 is 0 Å². The number of allylic oxidation sites excluding steroid dienone is 2. The summed E-state index contributed by atoms with van der Waals surface area (Å²) >= 11 is 0. The summed E-state index contributed by atoms with van der Waals surface area (Å²) in [5.74, 6) is 0.501. The van der Waals surface area contributed by atoms with Gasteiger partial charge in [-0.15, -0.1) is 0 Å². The third-order valence-corrected chi connectivity index (χ3v) is 4.75. The van der Waals surface area contributed by atoms with E-state index in [0.717, 1.165) is 6.42 Å². The molecule has 3 rings (SSSR count). The molecule has 1 aliphatic carbocycles. The maximum absolute atomic E-state index is 2.40. The Balaban J connectivity index is 0.000000701. The Kier molecular flexibility index (Phi) is 6.82. The predicted octanol–water partition coefficient (Wildman–Crippen LogP) is 5.70. The van der Waals surface area contributed by atoms with Crippen molar-refractivity contribution in [3.05, 3.63) is 82.8 Å². The van der Waals surface area contributed by atoms with E-state index in [1.54, 1.807) is 0 Å². The van der Waals surface area contributed by atoms with Crippen LogP contribution in [0.1, 0.15) is 53.0 Å². The van der Waals surface area contributed by atoms with Crippen LogP contribution in [0.5, 0.6) is 0 Å². The summed E-state index contributed by atoms with van der Waals surface area (Å²) in [6, 6.07) is 19.7. The van der Waals surface area contributed by atoms with E-state index in [0.29, 0.717) is 5.92 Å². The molecule has 0 aliphatic heterocycles. The number of hydrogen-bond donors (Lipinski definition) is 0. The molecule has 0 N–H and O–H groups in total. The fourth-order valence-corrected chi connectivity index (χ4v) is 3.67. The average Bonchev–Trinajstić information content (AvgIpc) is 2.62. The molecule has 1 unspecified atom stereocenters. The maximum Gasteiger partial charge on any atom is -0.00291 e. The van der Waals surface area contributed by atoms with Gasteiger partial charge in [-0.25, -0.2) is 0 Å². The van der Waals surface area contributed by atoms with Crippen molar-refractivity contribution in [3.8, 4) is 0 Å². The van der Waals surface area contributed by atoms with Crippen LogP contribution in [0.4, 0.5) is 0 Å². The molecule has 0 spiro atoms. The lowest BCUT2D eigenvalue weighted by atomic mass is 9.69. The number of hydrogen-bond acceptors (Lipinski definition) is 0. The zero-order valence-electron chi connectivity index (χ0n) is 16.4. The minimum absolute atomic E-state index is 0.143. The smallest absolute Gasteiger partial charge is 0.00291 e. The summed E-state index contributed by atoms with van der Waals surface area (Å²) in [5, 5.41) is 2.76. The maximum atomic E-state index is 2.40. The monoisotopic (exact) mass is 332 g/mol. The molecule has 132 valence electrons. The van der Waals surface area contributed by atoms with Gasteiger partial charge in [-0.05, 0) is 46.3 Å². The van der Waals surface area contributed by atoms with Crippen molar-refractivity contribution in [1.29, 1.82) is 0 Å². The zero-order valence-corrected chi connectivity index (χ0v) is 16.4. The van der Waals surface area contributed by atoms with Crippen molar-refractivity contribution in [2.75, 3.05) is 0 Å². The van der Waals surface area contributed by atoms with Crippen LogP contribution in [0.2, 0.25) is 0 Å². The van der Waals surface area contributed by atoms with Crippen molar-refractivity contribution in [2.45, 2.75) is 47.5 Å². The Morgan fingerprint density at radius 3 is 2.20 bits per heavy atom. The molecule has 25 heavy (non-hydrogen) atoms. The second-order valence-electron chi connectivity index (χ2n) is 7.39. The molecular weight excluding hydrogens is 300 g/mol. The Bertz CT molecular complexity index is 807. The molecule has 2 aromatic rings. The first kappa shape index (κ1) is 19.2. The van der Waals surface area contributed by atoms with Crippen molar-refractivity contribution >= 4 is 11.6 Å². The van der Waals surface area contributed by atoms with E-state index in [1.807, 2.05) is 0 Å². The van der Waals surface area contributed by atoms with Gasteiger partial charge in [0.25, 0.3) is 0 Å². The molecule has 0 fully saturated rings. The number of fused-ring (bicyclic) bond motifs is 1. The molecule has 0 nitrogen and oxygen atoms in total. The first-order valence-corrected chi connectivity index (χ1v) is 9.53. The van der Waals surface area contributed by atoms with E-state index in [9.17, 15) is 0 Å². The molecule has 0 saturated heterocycles. The van der Waals surface area contributed by atoms with Crippen molar-refractivity contribution in [2.24, 2.45) is 11.3 Å². The first-order valence-electron chi connectivity index (χ1n) is 9.53. The summed E-state index contributed by atoms with van der Waals surface area (Å²) in [7, 11) is 0. The van der Waals surface area contributed by atoms with Crippen molar-refractivity contribution in [3.63, 3.8) is 0 Å². The summed E-state index contributed by atoms with van der Waals surface area (Å²) in [6.45, 7) is 11.1. The van der Waals surface area contributed by atoms with Gasteiger partial charge < -0.3 is 0 Å². The van der Waals surface area contributed by atoms with Gasteiger partial charge in [-0.2, -0.15) is 0 Å². The van der Waals surface area contributed by atoms with Gasteiger partial charge in [0.1, 0.15) is 0 Å². The first-order chi connectivity index (χ1) is 12.0. The van der Waals surface area contributed by atoms with Crippen LogP contribution in [0.15, 0.2) is 66.7 Å². The van der Waals surface area contributed by atoms with Crippen LogP contribution in [0, 0.1) is 11.3 Å². The number of rotatable bonds is 3. The van der Waals surface area contributed by atoms with Gasteiger partial charge in [-0.1, -0.05) is 107 Å². The van der Waals surface area contributed by atoms with E-state index in [-0.39, 0.29) is 5.41 Å². The van der Waals surface area contributed by atoms with Gasteiger partial charge in [0.15, 0.2) is 0 Å². The number of benzene rings is 2. The highest BCUT2D eigenvalue weighted by atomic mass is 14.3. The lowest BCUT2D eigenvalue weighted by Crippen LogP contribution is -2.37. The fraction of sp³-hybridized carbons (Fsp3) is 0.360. The Labute approximate surface area is 153 Å². The molecule has 0 bridgehead atoms. The third-order valence-electron chi connectivity index (χ3n) is 4.75.